The summed E-state index contributed by atoms with van der Waals surface area (Å²) in [6, 6.07) is 16.5. The minimum atomic E-state index is 0.638. The molecule has 0 fully saturated rings. The number of hydrogen-bond acceptors (Lipinski definition) is 4. The molecule has 2 aromatic carbocycles. The van der Waals surface area contributed by atoms with E-state index in [-0.39, 0.29) is 0 Å². The van der Waals surface area contributed by atoms with Gasteiger partial charge >= 0.3 is 0 Å². The number of nitrogens with zero attached hydrogens (tertiary/aromatic N) is 4. The molecule has 2 rings (SSSR count). The monoisotopic (exact) mass is 428 g/mol. The molecule has 0 bridgehead atoms. The van der Waals surface area contributed by atoms with Gasteiger partial charge in [0.2, 0.25) is 0 Å². The largest absolute Gasteiger partial charge is 0.280 e. The Morgan fingerprint density at radius 1 is 0.719 bits per heavy atom. The molecule has 0 saturated heterocycles. The molecule has 6 heteroatoms. The van der Waals surface area contributed by atoms with Crippen LogP contribution in [0.1, 0.15) is 47.9 Å². The van der Waals surface area contributed by atoms with Gasteiger partial charge in [0.15, 0.2) is 12.4 Å². The van der Waals surface area contributed by atoms with E-state index in [1.54, 1.807) is 0 Å². The number of amidine groups is 2. The quantitative estimate of drug-likeness (QED) is 0.180. The number of nitrogens with one attached hydrogen (secondary N) is 2. The van der Waals surface area contributed by atoms with E-state index in [1.165, 1.54) is 11.1 Å². The topological polar surface area (TPSA) is 96.4 Å². The van der Waals surface area contributed by atoms with Crippen LogP contribution in [-0.2, 0) is 12.8 Å². The van der Waals surface area contributed by atoms with Crippen molar-refractivity contribution in [1.82, 2.24) is 10.6 Å². The van der Waals surface area contributed by atoms with Crippen LogP contribution in [-0.4, -0.2) is 24.8 Å². The average Bonchev–Trinajstić information content (AvgIpc) is 2.76. The van der Waals surface area contributed by atoms with Gasteiger partial charge in [0.25, 0.3) is 0 Å². The van der Waals surface area contributed by atoms with Crippen molar-refractivity contribution in [1.29, 1.82) is 10.5 Å². The van der Waals surface area contributed by atoms with Gasteiger partial charge in [-0.3, -0.25) is 20.6 Å². The zero-order valence-corrected chi connectivity index (χ0v) is 19.1. The van der Waals surface area contributed by atoms with E-state index in [1.807, 2.05) is 24.5 Å². The third-order valence-electron chi connectivity index (χ3n) is 4.98. The molecule has 0 heterocycles. The molecule has 0 amide bonds. The van der Waals surface area contributed by atoms with Crippen LogP contribution in [0.15, 0.2) is 58.5 Å². The van der Waals surface area contributed by atoms with Gasteiger partial charge in [0.05, 0.1) is 0 Å². The minimum absolute atomic E-state index is 0.638. The van der Waals surface area contributed by atoms with Crippen molar-refractivity contribution in [2.75, 3.05) is 13.1 Å². The second-order valence-corrected chi connectivity index (χ2v) is 7.88. The summed E-state index contributed by atoms with van der Waals surface area (Å²) in [4.78, 5) is 9.14. The molecule has 0 unspecified atom stereocenters. The summed E-state index contributed by atoms with van der Waals surface area (Å²) in [5.74, 6) is 1.43. The lowest BCUT2D eigenvalue weighted by atomic mass is 10.1. The smallest absolute Gasteiger partial charge is 0.182 e. The first kappa shape index (κ1) is 24.6. The number of unbranched alkanes of at least 4 members (excludes halogenated alkanes) is 3. The van der Waals surface area contributed by atoms with Gasteiger partial charge in [-0.05, 0) is 37.8 Å². The fourth-order valence-corrected chi connectivity index (χ4v) is 3.44. The molecule has 0 radical (unpaired) electrons. The number of aryl methyl sites for hydroxylation is 2. The zero-order valence-electron chi connectivity index (χ0n) is 19.1. The fourth-order valence-electron chi connectivity index (χ4n) is 3.44. The van der Waals surface area contributed by atoms with Gasteiger partial charge in [0.1, 0.15) is 11.7 Å². The average molecular weight is 429 g/mol. The Morgan fingerprint density at radius 2 is 1.16 bits per heavy atom. The number of hydrogen-bond donors (Lipinski definition) is 2. The van der Waals surface area contributed by atoms with Crippen LogP contribution in [0.3, 0.4) is 0 Å². The minimum Gasteiger partial charge on any atom is -0.280 e. The molecule has 166 valence electrons. The molecular weight excluding hydrogens is 396 g/mol. The standard InChI is InChI=1S/C26H32N6/c1-21-9-7-11-23(15-21)17-25(31-19-27)29-13-5-3-4-6-14-30-26(32-20-28)18-24-12-8-10-22(2)16-24/h7-12,15-16H,3-6,13-14,17-18H2,1-2H3,(H,29,31)(H,30,32). The van der Waals surface area contributed by atoms with Gasteiger partial charge < -0.3 is 0 Å². The number of aliphatic imine (C=N–C) groups is 2. The third kappa shape index (κ3) is 9.91. The molecule has 0 aromatic heterocycles. The predicted molar refractivity (Wildman–Crippen MR) is 130 cm³/mol. The van der Waals surface area contributed by atoms with E-state index in [0.717, 1.165) is 36.8 Å². The number of benzene rings is 2. The van der Waals surface area contributed by atoms with E-state index in [4.69, 9.17) is 10.5 Å². The Balaban J connectivity index is 1.71. The van der Waals surface area contributed by atoms with Crippen molar-refractivity contribution in [3.8, 4) is 12.4 Å². The predicted octanol–water partition coefficient (Wildman–Crippen LogP) is 4.59. The lowest BCUT2D eigenvalue weighted by Gasteiger charge is -2.06. The molecule has 6 nitrogen and oxygen atoms in total. The van der Waals surface area contributed by atoms with Crippen LogP contribution in [0.2, 0.25) is 0 Å². The van der Waals surface area contributed by atoms with Crippen LogP contribution in [0.5, 0.6) is 0 Å². The van der Waals surface area contributed by atoms with E-state index in [9.17, 15) is 0 Å². The maximum atomic E-state index is 8.98. The Labute approximate surface area is 191 Å². The molecule has 0 saturated carbocycles. The molecule has 0 aliphatic heterocycles. The Bertz CT molecular complexity index is 912. The van der Waals surface area contributed by atoms with E-state index >= 15 is 0 Å². The molecule has 32 heavy (non-hydrogen) atoms. The van der Waals surface area contributed by atoms with Gasteiger partial charge in [-0.15, -0.1) is 0 Å². The van der Waals surface area contributed by atoms with Crippen molar-refractivity contribution in [3.05, 3.63) is 70.8 Å². The molecule has 0 atom stereocenters. The molecular formula is C26H32N6. The SMILES string of the molecule is Cc1cccc(CC(=NCCCCCCN=C(Cc2cccc(C)c2)NC#N)NC#N)c1. The normalized spacial score (nSPS) is 11.5. The molecule has 0 spiro atoms. The summed E-state index contributed by atoms with van der Waals surface area (Å²) in [7, 11) is 0. The maximum Gasteiger partial charge on any atom is 0.182 e. The van der Waals surface area contributed by atoms with Gasteiger partial charge in [-0.25, -0.2) is 0 Å². The zero-order chi connectivity index (χ0) is 23.0. The van der Waals surface area contributed by atoms with E-state index in [2.05, 4.69) is 70.9 Å². The van der Waals surface area contributed by atoms with E-state index in [0.29, 0.717) is 37.6 Å². The highest BCUT2D eigenvalue weighted by molar-refractivity contribution is 5.86. The number of rotatable bonds is 11. The summed E-state index contributed by atoms with van der Waals surface area (Å²) in [6.45, 7) is 5.52. The molecule has 0 aliphatic rings. The Kier molecular flexibility index (Phi) is 11.1. The summed E-state index contributed by atoms with van der Waals surface area (Å²) in [6.07, 6.45) is 9.31. The second-order valence-electron chi connectivity index (χ2n) is 7.88. The van der Waals surface area contributed by atoms with Crippen LogP contribution >= 0.6 is 0 Å². The highest BCUT2D eigenvalue weighted by Gasteiger charge is 2.03. The summed E-state index contributed by atoms with van der Waals surface area (Å²) < 4.78 is 0. The number of nitriles is 2. The van der Waals surface area contributed by atoms with Crippen LogP contribution in [0, 0.1) is 36.8 Å². The van der Waals surface area contributed by atoms with Gasteiger partial charge in [0, 0.05) is 25.9 Å². The fraction of sp³-hybridized carbons (Fsp3) is 0.385. The highest BCUT2D eigenvalue weighted by atomic mass is 15.0. The van der Waals surface area contributed by atoms with Crippen molar-refractivity contribution in [3.63, 3.8) is 0 Å². The summed E-state index contributed by atoms with van der Waals surface area (Å²) >= 11 is 0. The van der Waals surface area contributed by atoms with Crippen LogP contribution < -0.4 is 10.6 Å². The molecule has 2 N–H and O–H groups in total. The van der Waals surface area contributed by atoms with Gasteiger partial charge in [-0.1, -0.05) is 72.5 Å². The molecule has 0 aliphatic carbocycles. The van der Waals surface area contributed by atoms with Crippen molar-refractivity contribution < 1.29 is 0 Å². The summed E-state index contributed by atoms with van der Waals surface area (Å²) in [5, 5.41) is 23.4. The first-order valence-corrected chi connectivity index (χ1v) is 11.1. The lowest BCUT2D eigenvalue weighted by Crippen LogP contribution is -2.21. The van der Waals surface area contributed by atoms with Crippen molar-refractivity contribution in [2.45, 2.75) is 52.4 Å². The van der Waals surface area contributed by atoms with Crippen LogP contribution in [0.4, 0.5) is 0 Å². The Morgan fingerprint density at radius 3 is 1.53 bits per heavy atom. The van der Waals surface area contributed by atoms with E-state index < -0.39 is 0 Å². The van der Waals surface area contributed by atoms with Crippen LogP contribution in [0.25, 0.3) is 0 Å². The van der Waals surface area contributed by atoms with Crippen molar-refractivity contribution in [2.24, 2.45) is 9.98 Å². The lowest BCUT2D eigenvalue weighted by molar-refractivity contribution is 0.652. The first-order valence-electron chi connectivity index (χ1n) is 11.1. The summed E-state index contributed by atoms with van der Waals surface area (Å²) in [5.41, 5.74) is 4.70. The van der Waals surface area contributed by atoms with Gasteiger partial charge in [-0.2, -0.15) is 10.5 Å². The third-order valence-corrected chi connectivity index (χ3v) is 4.98. The van der Waals surface area contributed by atoms with Crippen molar-refractivity contribution >= 4 is 11.7 Å². The Hall–Kier alpha value is -3.64. The highest BCUT2D eigenvalue weighted by Crippen LogP contribution is 2.07. The maximum absolute atomic E-state index is 8.98. The first-order chi connectivity index (χ1) is 15.6. The second kappa shape index (κ2) is 14.4. The molecule has 2 aromatic rings.